The van der Waals surface area contributed by atoms with Crippen molar-refractivity contribution >= 4 is 81.2 Å². The van der Waals surface area contributed by atoms with Gasteiger partial charge in [0.25, 0.3) is 0 Å². The largest absolute Gasteiger partial charge is 0.436 e. The number of hydrogen-bond acceptors (Lipinski definition) is 4. The van der Waals surface area contributed by atoms with Gasteiger partial charge in [-0.15, -0.1) is 11.3 Å². The number of thiophene rings is 1. The normalized spacial score (nSPS) is 11.6. The first-order valence-electron chi connectivity index (χ1n) is 18.5. The minimum atomic E-state index is 0.635. The molecule has 2 heterocycles. The van der Waals surface area contributed by atoms with Crippen LogP contribution in [-0.4, -0.2) is 4.98 Å². The third kappa shape index (κ3) is 5.38. The molecule has 0 radical (unpaired) electrons. The molecule has 0 aliphatic rings. The molecule has 3 nitrogen and oxygen atoms in total. The second-order valence-electron chi connectivity index (χ2n) is 13.9. The predicted molar refractivity (Wildman–Crippen MR) is 233 cm³/mol. The predicted octanol–water partition coefficient (Wildman–Crippen LogP) is 15.0. The molecular formula is C51H32N2OS. The monoisotopic (exact) mass is 720 g/mol. The van der Waals surface area contributed by atoms with E-state index in [0.717, 1.165) is 39.1 Å². The molecule has 0 amide bonds. The third-order valence-corrected chi connectivity index (χ3v) is 11.8. The highest BCUT2D eigenvalue weighted by Gasteiger charge is 2.22. The first-order valence-corrected chi connectivity index (χ1v) is 19.3. The maximum atomic E-state index is 6.42. The van der Waals surface area contributed by atoms with E-state index in [0.29, 0.717) is 5.89 Å². The van der Waals surface area contributed by atoms with Gasteiger partial charge in [-0.1, -0.05) is 133 Å². The van der Waals surface area contributed by atoms with Gasteiger partial charge in [0.1, 0.15) is 5.52 Å². The van der Waals surface area contributed by atoms with Gasteiger partial charge in [-0.05, 0) is 99.1 Å². The first kappa shape index (κ1) is 31.5. The van der Waals surface area contributed by atoms with Gasteiger partial charge in [0.15, 0.2) is 5.58 Å². The summed E-state index contributed by atoms with van der Waals surface area (Å²) in [6.07, 6.45) is 0. The van der Waals surface area contributed by atoms with Crippen LogP contribution in [0.2, 0.25) is 0 Å². The van der Waals surface area contributed by atoms with E-state index in [4.69, 9.17) is 9.40 Å². The Labute approximate surface area is 322 Å². The van der Waals surface area contributed by atoms with Crippen molar-refractivity contribution in [3.05, 3.63) is 194 Å². The smallest absolute Gasteiger partial charge is 0.227 e. The fraction of sp³-hybridized carbons (Fsp3) is 0. The van der Waals surface area contributed by atoms with Gasteiger partial charge in [0, 0.05) is 36.8 Å². The highest BCUT2D eigenvalue weighted by atomic mass is 32.1. The van der Waals surface area contributed by atoms with E-state index in [-0.39, 0.29) is 0 Å². The summed E-state index contributed by atoms with van der Waals surface area (Å²) in [7, 11) is 0. The van der Waals surface area contributed by atoms with Gasteiger partial charge >= 0.3 is 0 Å². The molecule has 55 heavy (non-hydrogen) atoms. The van der Waals surface area contributed by atoms with Crippen LogP contribution >= 0.6 is 11.3 Å². The highest BCUT2D eigenvalue weighted by molar-refractivity contribution is 7.26. The zero-order chi connectivity index (χ0) is 36.3. The molecule has 258 valence electrons. The summed E-state index contributed by atoms with van der Waals surface area (Å²) in [5, 5.41) is 7.22. The van der Waals surface area contributed by atoms with Crippen molar-refractivity contribution in [1.29, 1.82) is 0 Å². The van der Waals surface area contributed by atoms with E-state index in [1.807, 2.05) is 30.3 Å². The van der Waals surface area contributed by atoms with E-state index in [9.17, 15) is 0 Å². The number of nitrogens with zero attached hydrogens (tertiary/aromatic N) is 2. The van der Waals surface area contributed by atoms with Crippen LogP contribution in [0.5, 0.6) is 0 Å². The maximum Gasteiger partial charge on any atom is 0.227 e. The molecule has 0 aliphatic carbocycles. The molecule has 0 saturated heterocycles. The summed E-state index contributed by atoms with van der Waals surface area (Å²) in [5.41, 5.74) is 10.7. The molecule has 0 atom stereocenters. The number of fused-ring (bicyclic) bond motifs is 6. The average Bonchev–Trinajstić information content (AvgIpc) is 3.84. The summed E-state index contributed by atoms with van der Waals surface area (Å²) < 4.78 is 8.82. The summed E-state index contributed by atoms with van der Waals surface area (Å²) in [6, 6.07) is 69.5. The Kier molecular flexibility index (Phi) is 7.35. The van der Waals surface area contributed by atoms with Gasteiger partial charge in [-0.2, -0.15) is 0 Å². The minimum Gasteiger partial charge on any atom is -0.436 e. The van der Waals surface area contributed by atoms with Crippen molar-refractivity contribution in [3.8, 4) is 33.7 Å². The molecule has 0 spiro atoms. The Morgan fingerprint density at radius 1 is 0.436 bits per heavy atom. The molecule has 4 heteroatoms. The topological polar surface area (TPSA) is 29.3 Å². The summed E-state index contributed by atoms with van der Waals surface area (Å²) in [4.78, 5) is 7.34. The van der Waals surface area contributed by atoms with E-state index < -0.39 is 0 Å². The molecule has 9 aromatic carbocycles. The Hall–Kier alpha value is -7.01. The Bertz CT molecular complexity index is 3200. The van der Waals surface area contributed by atoms with Crippen molar-refractivity contribution in [1.82, 2.24) is 4.98 Å². The third-order valence-electron chi connectivity index (χ3n) is 10.7. The van der Waals surface area contributed by atoms with Crippen LogP contribution in [0.1, 0.15) is 0 Å². The minimum absolute atomic E-state index is 0.635. The lowest BCUT2D eigenvalue weighted by Gasteiger charge is -2.28. The number of hydrogen-bond donors (Lipinski definition) is 0. The van der Waals surface area contributed by atoms with Crippen molar-refractivity contribution in [2.75, 3.05) is 4.90 Å². The first-order chi connectivity index (χ1) is 27.2. The van der Waals surface area contributed by atoms with Crippen molar-refractivity contribution in [2.45, 2.75) is 0 Å². The Morgan fingerprint density at radius 2 is 1.13 bits per heavy atom. The number of anilines is 3. The van der Waals surface area contributed by atoms with E-state index >= 15 is 0 Å². The molecule has 0 fully saturated rings. The number of benzene rings is 9. The lowest BCUT2D eigenvalue weighted by Crippen LogP contribution is -2.11. The van der Waals surface area contributed by atoms with Crippen LogP contribution in [0.3, 0.4) is 0 Å². The highest BCUT2D eigenvalue weighted by Crippen LogP contribution is 2.48. The quantitative estimate of drug-likeness (QED) is 0.171. The molecule has 11 rings (SSSR count). The summed E-state index contributed by atoms with van der Waals surface area (Å²) >= 11 is 1.80. The SMILES string of the molecule is c1ccc(-c2ccc(N(c3ccc(-c4ccc5ccccc5c4)c4ccccc34)c3cccc4sc5cc6nc(-c7ccccc7)oc6cc5c34)cc2)cc1. The summed E-state index contributed by atoms with van der Waals surface area (Å²) in [5.74, 6) is 0.635. The van der Waals surface area contributed by atoms with Crippen LogP contribution < -0.4 is 4.90 Å². The van der Waals surface area contributed by atoms with Gasteiger partial charge < -0.3 is 9.32 Å². The van der Waals surface area contributed by atoms with Crippen molar-refractivity contribution in [3.63, 3.8) is 0 Å². The van der Waals surface area contributed by atoms with Crippen molar-refractivity contribution < 1.29 is 4.42 Å². The lowest BCUT2D eigenvalue weighted by atomic mass is 9.94. The molecule has 0 N–H and O–H groups in total. The average molecular weight is 721 g/mol. The van der Waals surface area contributed by atoms with Crippen LogP contribution in [0.25, 0.3) is 86.5 Å². The lowest BCUT2D eigenvalue weighted by molar-refractivity contribution is 0.620. The van der Waals surface area contributed by atoms with E-state index in [2.05, 4.69) is 169 Å². The second-order valence-corrected chi connectivity index (χ2v) is 15.0. The number of oxazole rings is 1. The molecular weight excluding hydrogens is 689 g/mol. The maximum absolute atomic E-state index is 6.42. The van der Waals surface area contributed by atoms with Gasteiger partial charge in [0.05, 0.1) is 11.4 Å². The standard InChI is InChI=1S/C51H32N2OS/c1-3-12-33(13-4-1)35-24-26-39(27-25-35)53(45-29-28-40(41-18-9-10-19-42(41)45)38-23-22-34-14-7-8-17-37(34)30-38)46-20-11-21-48-50(46)43-31-47-44(32-49(43)55-48)52-51(54-47)36-15-5-2-6-16-36/h1-32H. The van der Waals surface area contributed by atoms with Crippen molar-refractivity contribution in [2.24, 2.45) is 0 Å². The molecule has 0 aliphatic heterocycles. The summed E-state index contributed by atoms with van der Waals surface area (Å²) in [6.45, 7) is 0. The molecule has 0 bridgehead atoms. The van der Waals surface area contributed by atoms with Gasteiger partial charge in [-0.3, -0.25) is 0 Å². The molecule has 0 unspecified atom stereocenters. The van der Waals surface area contributed by atoms with E-state index in [1.54, 1.807) is 11.3 Å². The van der Waals surface area contributed by atoms with Crippen LogP contribution in [0, 0.1) is 0 Å². The second kappa shape index (κ2) is 12.8. The van der Waals surface area contributed by atoms with Gasteiger partial charge in [-0.25, -0.2) is 4.98 Å². The fourth-order valence-corrected chi connectivity index (χ4v) is 9.19. The molecule has 2 aromatic heterocycles. The van der Waals surface area contributed by atoms with E-state index in [1.165, 1.54) is 58.6 Å². The van der Waals surface area contributed by atoms with Crippen LogP contribution in [0.15, 0.2) is 199 Å². The molecule has 0 saturated carbocycles. The number of rotatable bonds is 6. The molecule has 11 aromatic rings. The van der Waals surface area contributed by atoms with Gasteiger partial charge in [0.2, 0.25) is 5.89 Å². The zero-order valence-electron chi connectivity index (χ0n) is 29.7. The Morgan fingerprint density at radius 3 is 1.95 bits per heavy atom. The Balaban J connectivity index is 1.14. The fourth-order valence-electron chi connectivity index (χ4n) is 8.05. The van der Waals surface area contributed by atoms with Crippen LogP contribution in [-0.2, 0) is 0 Å². The number of aromatic nitrogens is 1. The zero-order valence-corrected chi connectivity index (χ0v) is 30.5. The van der Waals surface area contributed by atoms with Crippen LogP contribution in [0.4, 0.5) is 17.1 Å².